The Balaban J connectivity index is 3.18. The number of hydrogen-bond donors (Lipinski definition) is 1. The first-order valence-corrected chi connectivity index (χ1v) is 5.23. The van der Waals surface area contributed by atoms with Crippen LogP contribution in [-0.4, -0.2) is 6.04 Å². The minimum absolute atomic E-state index is 0.140. The van der Waals surface area contributed by atoms with Gasteiger partial charge in [0.2, 0.25) is 0 Å². The van der Waals surface area contributed by atoms with Gasteiger partial charge in [0.05, 0.1) is 10.6 Å². The Morgan fingerprint density at radius 3 is 2.25 bits per heavy atom. The Hall–Kier alpha value is -0.740. The van der Waals surface area contributed by atoms with E-state index in [2.05, 4.69) is 0 Å². The summed E-state index contributed by atoms with van der Waals surface area (Å²) in [5.41, 5.74) is 5.39. The number of halogens is 4. The lowest BCUT2D eigenvalue weighted by Gasteiger charge is -2.18. The van der Waals surface area contributed by atoms with Crippen molar-refractivity contribution in [2.24, 2.45) is 5.73 Å². The molecule has 1 nitrogen and oxygen atoms in total. The molecule has 2 unspecified atom stereocenters. The van der Waals surface area contributed by atoms with Gasteiger partial charge in [0.15, 0.2) is 0 Å². The summed E-state index contributed by atoms with van der Waals surface area (Å²) in [4.78, 5) is 0. The molecule has 0 amide bonds. The lowest BCUT2D eigenvalue weighted by Crippen LogP contribution is -2.22. The Morgan fingerprint density at radius 2 is 1.81 bits per heavy atom. The minimum Gasteiger partial charge on any atom is -0.327 e. The summed E-state index contributed by atoms with van der Waals surface area (Å²) in [6.45, 7) is 3.54. The molecular formula is C11H13ClF3N. The van der Waals surface area contributed by atoms with Crippen LogP contribution >= 0.6 is 11.6 Å². The van der Waals surface area contributed by atoms with Crippen molar-refractivity contribution in [3.05, 3.63) is 34.3 Å². The first-order chi connectivity index (χ1) is 7.23. The van der Waals surface area contributed by atoms with Crippen LogP contribution in [0.1, 0.15) is 30.9 Å². The molecule has 0 aliphatic carbocycles. The van der Waals surface area contributed by atoms with Gasteiger partial charge < -0.3 is 5.73 Å². The fourth-order valence-corrected chi connectivity index (χ4v) is 1.57. The van der Waals surface area contributed by atoms with E-state index in [0.29, 0.717) is 5.56 Å². The second-order valence-corrected chi connectivity index (χ2v) is 4.29. The summed E-state index contributed by atoms with van der Waals surface area (Å²) in [7, 11) is 0. The molecule has 0 aromatic heterocycles. The van der Waals surface area contributed by atoms with Gasteiger partial charge in [-0.05, 0) is 30.5 Å². The van der Waals surface area contributed by atoms with Crippen molar-refractivity contribution in [1.82, 2.24) is 0 Å². The summed E-state index contributed by atoms with van der Waals surface area (Å²) in [6.07, 6.45) is -4.43. The highest BCUT2D eigenvalue weighted by molar-refractivity contribution is 6.31. The molecule has 0 saturated carbocycles. The predicted molar refractivity (Wildman–Crippen MR) is 58.5 cm³/mol. The number of benzene rings is 1. The molecule has 0 aliphatic rings. The van der Waals surface area contributed by atoms with Gasteiger partial charge in [-0.3, -0.25) is 0 Å². The van der Waals surface area contributed by atoms with Gasteiger partial charge in [-0.25, -0.2) is 0 Å². The molecule has 0 bridgehead atoms. The van der Waals surface area contributed by atoms with Crippen molar-refractivity contribution in [3.8, 4) is 0 Å². The van der Waals surface area contributed by atoms with E-state index in [1.807, 2.05) is 0 Å². The monoisotopic (exact) mass is 251 g/mol. The Bertz CT molecular complexity index is 374. The van der Waals surface area contributed by atoms with Crippen LogP contribution in [0.15, 0.2) is 18.2 Å². The average Bonchev–Trinajstić information content (AvgIpc) is 2.15. The zero-order chi connectivity index (χ0) is 12.5. The molecule has 0 fully saturated rings. The number of alkyl halides is 3. The molecule has 0 spiro atoms. The van der Waals surface area contributed by atoms with E-state index in [1.54, 1.807) is 19.9 Å². The lowest BCUT2D eigenvalue weighted by atomic mass is 9.93. The second-order valence-electron chi connectivity index (χ2n) is 3.88. The molecule has 0 radical (unpaired) electrons. The fraction of sp³-hybridized carbons (Fsp3) is 0.455. The van der Waals surface area contributed by atoms with Gasteiger partial charge in [-0.15, -0.1) is 0 Å². The van der Waals surface area contributed by atoms with Crippen molar-refractivity contribution < 1.29 is 13.2 Å². The number of rotatable bonds is 2. The van der Waals surface area contributed by atoms with Gasteiger partial charge in [0.25, 0.3) is 0 Å². The third-order valence-corrected chi connectivity index (χ3v) is 2.94. The topological polar surface area (TPSA) is 26.0 Å². The molecule has 0 saturated heterocycles. The van der Waals surface area contributed by atoms with Gasteiger partial charge in [0, 0.05) is 6.04 Å². The molecule has 2 atom stereocenters. The maximum atomic E-state index is 12.6. The van der Waals surface area contributed by atoms with E-state index < -0.39 is 11.7 Å². The summed E-state index contributed by atoms with van der Waals surface area (Å²) >= 11 is 5.51. The van der Waals surface area contributed by atoms with Crippen LogP contribution in [0.25, 0.3) is 0 Å². The molecule has 0 heterocycles. The van der Waals surface area contributed by atoms with Crippen LogP contribution in [-0.2, 0) is 6.18 Å². The second kappa shape index (κ2) is 4.63. The van der Waals surface area contributed by atoms with Gasteiger partial charge >= 0.3 is 6.18 Å². The van der Waals surface area contributed by atoms with Crippen molar-refractivity contribution >= 4 is 11.6 Å². The fourth-order valence-electron chi connectivity index (χ4n) is 1.35. The SMILES string of the molecule is CC(N)C(C)c1ccc(Cl)c(C(F)(F)F)c1. The van der Waals surface area contributed by atoms with E-state index in [9.17, 15) is 13.2 Å². The van der Waals surface area contributed by atoms with Crippen molar-refractivity contribution in [2.45, 2.75) is 32.0 Å². The first kappa shape index (κ1) is 13.3. The van der Waals surface area contributed by atoms with Crippen LogP contribution in [0.4, 0.5) is 13.2 Å². The van der Waals surface area contributed by atoms with Crippen LogP contribution in [0, 0.1) is 0 Å². The van der Waals surface area contributed by atoms with Gasteiger partial charge in [0.1, 0.15) is 0 Å². The molecule has 90 valence electrons. The van der Waals surface area contributed by atoms with Crippen LogP contribution in [0.2, 0.25) is 5.02 Å². The average molecular weight is 252 g/mol. The molecule has 0 aliphatic heterocycles. The van der Waals surface area contributed by atoms with Gasteiger partial charge in [-0.1, -0.05) is 24.6 Å². The molecule has 5 heteroatoms. The zero-order valence-electron chi connectivity index (χ0n) is 8.98. The van der Waals surface area contributed by atoms with E-state index >= 15 is 0 Å². The quantitative estimate of drug-likeness (QED) is 0.850. The maximum Gasteiger partial charge on any atom is 0.417 e. The largest absolute Gasteiger partial charge is 0.417 e. The molecular weight excluding hydrogens is 239 g/mol. The van der Waals surface area contributed by atoms with Crippen LogP contribution in [0.3, 0.4) is 0 Å². The maximum absolute atomic E-state index is 12.6. The Kier molecular flexibility index (Phi) is 3.86. The van der Waals surface area contributed by atoms with E-state index in [-0.39, 0.29) is 17.0 Å². The first-order valence-electron chi connectivity index (χ1n) is 4.85. The Morgan fingerprint density at radius 1 is 1.25 bits per heavy atom. The van der Waals surface area contributed by atoms with Crippen LogP contribution in [0.5, 0.6) is 0 Å². The lowest BCUT2D eigenvalue weighted by molar-refractivity contribution is -0.137. The summed E-state index contributed by atoms with van der Waals surface area (Å²) in [6, 6.07) is 3.70. The van der Waals surface area contributed by atoms with Crippen molar-refractivity contribution in [1.29, 1.82) is 0 Å². The summed E-state index contributed by atoms with van der Waals surface area (Å²) < 4.78 is 37.7. The van der Waals surface area contributed by atoms with Crippen molar-refractivity contribution in [2.75, 3.05) is 0 Å². The van der Waals surface area contributed by atoms with Crippen LogP contribution < -0.4 is 5.73 Å². The third kappa shape index (κ3) is 2.89. The highest BCUT2D eigenvalue weighted by atomic mass is 35.5. The normalized spacial score (nSPS) is 15.9. The molecule has 16 heavy (non-hydrogen) atoms. The summed E-state index contributed by atoms with van der Waals surface area (Å²) in [5, 5.41) is -0.284. The minimum atomic E-state index is -4.43. The Labute approximate surface area is 97.4 Å². The molecule has 1 rings (SSSR count). The van der Waals surface area contributed by atoms with E-state index in [0.717, 1.165) is 6.07 Å². The standard InChI is InChI=1S/C11H13ClF3N/c1-6(7(2)16)8-3-4-10(12)9(5-8)11(13,14)15/h3-7H,16H2,1-2H3. The highest BCUT2D eigenvalue weighted by Crippen LogP contribution is 2.36. The number of nitrogens with two attached hydrogens (primary N) is 1. The third-order valence-electron chi connectivity index (χ3n) is 2.61. The highest BCUT2D eigenvalue weighted by Gasteiger charge is 2.33. The zero-order valence-corrected chi connectivity index (χ0v) is 9.73. The number of hydrogen-bond acceptors (Lipinski definition) is 1. The molecule has 2 N–H and O–H groups in total. The molecule has 1 aromatic rings. The summed E-state index contributed by atoms with van der Waals surface area (Å²) in [5.74, 6) is -0.140. The predicted octanol–water partition coefficient (Wildman–Crippen LogP) is 3.81. The van der Waals surface area contributed by atoms with Gasteiger partial charge in [-0.2, -0.15) is 13.2 Å². The van der Waals surface area contributed by atoms with Crippen molar-refractivity contribution in [3.63, 3.8) is 0 Å². The van der Waals surface area contributed by atoms with E-state index in [1.165, 1.54) is 6.07 Å². The smallest absolute Gasteiger partial charge is 0.327 e. The molecule has 1 aromatic carbocycles. The van der Waals surface area contributed by atoms with E-state index in [4.69, 9.17) is 17.3 Å².